The van der Waals surface area contributed by atoms with Gasteiger partial charge in [0, 0.05) is 38.3 Å². The molecule has 1 N–H and O–H groups in total. The fourth-order valence-corrected chi connectivity index (χ4v) is 1.35. The summed E-state index contributed by atoms with van der Waals surface area (Å²) < 4.78 is 2.05. The van der Waals surface area contributed by atoms with Gasteiger partial charge < -0.3 is 9.88 Å². The summed E-state index contributed by atoms with van der Waals surface area (Å²) in [6.45, 7) is 4.08. The Morgan fingerprint density at radius 2 is 2.43 bits per heavy atom. The summed E-state index contributed by atoms with van der Waals surface area (Å²) in [5.74, 6) is 2.38. The molecule has 1 aromatic heterocycles. The van der Waals surface area contributed by atoms with E-state index in [4.69, 9.17) is 11.6 Å². The van der Waals surface area contributed by atoms with E-state index in [1.165, 1.54) is 0 Å². The highest BCUT2D eigenvalue weighted by atomic mass is 35.5. The summed E-state index contributed by atoms with van der Waals surface area (Å²) in [4.78, 5) is 4.25. The van der Waals surface area contributed by atoms with Gasteiger partial charge in [0.1, 0.15) is 5.82 Å². The van der Waals surface area contributed by atoms with E-state index in [9.17, 15) is 0 Å². The van der Waals surface area contributed by atoms with E-state index in [0.717, 1.165) is 31.2 Å². The summed E-state index contributed by atoms with van der Waals surface area (Å²) in [6.07, 6.45) is 4.77. The van der Waals surface area contributed by atoms with Gasteiger partial charge in [-0.15, -0.1) is 11.6 Å². The highest BCUT2D eigenvalue weighted by Crippen LogP contribution is 1.96. The molecule has 0 spiro atoms. The van der Waals surface area contributed by atoms with Gasteiger partial charge in [-0.25, -0.2) is 4.98 Å². The summed E-state index contributed by atoms with van der Waals surface area (Å²) >= 11 is 5.70. The minimum atomic E-state index is 0.540. The number of alkyl halides is 1. The van der Waals surface area contributed by atoms with Gasteiger partial charge >= 0.3 is 0 Å². The van der Waals surface area contributed by atoms with Crippen molar-refractivity contribution in [2.75, 3.05) is 19.0 Å². The van der Waals surface area contributed by atoms with Gasteiger partial charge in [0.05, 0.1) is 0 Å². The average Bonchev–Trinajstić information content (AvgIpc) is 2.58. The molecule has 14 heavy (non-hydrogen) atoms. The molecule has 3 nitrogen and oxygen atoms in total. The smallest absolute Gasteiger partial charge is 0.109 e. The third-order valence-electron chi connectivity index (χ3n) is 2.20. The minimum Gasteiger partial charge on any atom is -0.338 e. The minimum absolute atomic E-state index is 0.540. The maximum absolute atomic E-state index is 5.70. The van der Waals surface area contributed by atoms with Crippen LogP contribution in [-0.4, -0.2) is 28.5 Å². The van der Waals surface area contributed by atoms with Crippen molar-refractivity contribution in [1.29, 1.82) is 0 Å². The lowest BCUT2D eigenvalue weighted by Gasteiger charge is -2.08. The zero-order chi connectivity index (χ0) is 10.4. The van der Waals surface area contributed by atoms with Crippen LogP contribution < -0.4 is 5.32 Å². The van der Waals surface area contributed by atoms with Gasteiger partial charge in [-0.05, 0) is 12.5 Å². The molecule has 0 aromatic carbocycles. The fraction of sp³-hybridized carbons (Fsp3) is 0.700. The number of imidazole rings is 1. The first-order chi connectivity index (χ1) is 6.74. The third-order valence-corrected chi connectivity index (χ3v) is 2.73. The fourth-order valence-electron chi connectivity index (χ4n) is 1.24. The predicted octanol–water partition coefficient (Wildman–Crippen LogP) is 1.43. The summed E-state index contributed by atoms with van der Waals surface area (Å²) in [7, 11) is 2.02. The Balaban J connectivity index is 2.13. The topological polar surface area (TPSA) is 29.9 Å². The van der Waals surface area contributed by atoms with Gasteiger partial charge in [-0.3, -0.25) is 0 Å². The molecule has 0 aliphatic heterocycles. The predicted molar refractivity (Wildman–Crippen MR) is 59.7 cm³/mol. The lowest BCUT2D eigenvalue weighted by atomic mass is 10.2. The van der Waals surface area contributed by atoms with Crippen LogP contribution in [-0.2, 0) is 13.5 Å². The summed E-state index contributed by atoms with van der Waals surface area (Å²) in [5.41, 5.74) is 0. The van der Waals surface area contributed by atoms with Crippen LogP contribution in [0.15, 0.2) is 12.4 Å². The van der Waals surface area contributed by atoms with E-state index in [1.54, 1.807) is 0 Å². The Morgan fingerprint density at radius 3 is 3.00 bits per heavy atom. The van der Waals surface area contributed by atoms with Crippen LogP contribution in [0.25, 0.3) is 0 Å². The number of aromatic nitrogens is 2. The summed E-state index contributed by atoms with van der Waals surface area (Å²) in [5, 5.41) is 3.36. The second-order valence-electron chi connectivity index (χ2n) is 3.67. The van der Waals surface area contributed by atoms with E-state index in [-0.39, 0.29) is 0 Å². The van der Waals surface area contributed by atoms with Crippen LogP contribution in [0.5, 0.6) is 0 Å². The quantitative estimate of drug-likeness (QED) is 0.575. The molecule has 1 aromatic rings. The van der Waals surface area contributed by atoms with Crippen LogP contribution in [0.1, 0.15) is 12.7 Å². The zero-order valence-corrected chi connectivity index (χ0v) is 9.59. The van der Waals surface area contributed by atoms with Gasteiger partial charge in [-0.1, -0.05) is 6.92 Å². The Labute approximate surface area is 90.5 Å². The molecule has 0 amide bonds. The monoisotopic (exact) mass is 215 g/mol. The maximum Gasteiger partial charge on any atom is 0.109 e. The second-order valence-corrected chi connectivity index (χ2v) is 3.98. The molecule has 0 saturated heterocycles. The molecule has 0 fully saturated rings. The molecule has 0 aliphatic rings. The molecule has 4 heteroatoms. The van der Waals surface area contributed by atoms with Crippen LogP contribution in [0.4, 0.5) is 0 Å². The number of rotatable bonds is 6. The van der Waals surface area contributed by atoms with Crippen LogP contribution in [0.3, 0.4) is 0 Å². The normalized spacial score (nSPS) is 13.1. The molecular formula is C10H18ClN3. The number of nitrogens with zero attached hydrogens (tertiary/aromatic N) is 2. The van der Waals surface area contributed by atoms with Crippen LogP contribution in [0.2, 0.25) is 0 Å². The first kappa shape index (κ1) is 11.5. The van der Waals surface area contributed by atoms with E-state index < -0.39 is 0 Å². The molecule has 0 saturated carbocycles. The van der Waals surface area contributed by atoms with Crippen molar-refractivity contribution in [1.82, 2.24) is 14.9 Å². The first-order valence-corrected chi connectivity index (χ1v) is 5.50. The summed E-state index contributed by atoms with van der Waals surface area (Å²) in [6, 6.07) is 0. The van der Waals surface area contributed by atoms with Crippen LogP contribution in [0, 0.1) is 5.92 Å². The van der Waals surface area contributed by atoms with Crippen molar-refractivity contribution in [2.24, 2.45) is 13.0 Å². The van der Waals surface area contributed by atoms with E-state index in [0.29, 0.717) is 5.92 Å². The number of hydrogen-bond acceptors (Lipinski definition) is 2. The number of aryl methyl sites for hydroxylation is 1. The van der Waals surface area contributed by atoms with E-state index in [1.807, 2.05) is 24.0 Å². The number of halogens is 1. The molecule has 1 atom stereocenters. The Kier molecular flexibility index (Phi) is 4.98. The van der Waals surface area contributed by atoms with Gasteiger partial charge in [0.25, 0.3) is 0 Å². The maximum atomic E-state index is 5.70. The van der Waals surface area contributed by atoms with E-state index in [2.05, 4.69) is 17.2 Å². The Bertz CT molecular complexity index is 260. The van der Waals surface area contributed by atoms with Crippen molar-refractivity contribution in [3.05, 3.63) is 18.2 Å². The highest BCUT2D eigenvalue weighted by Gasteiger charge is 2.00. The first-order valence-electron chi connectivity index (χ1n) is 4.97. The van der Waals surface area contributed by atoms with Gasteiger partial charge in [0.15, 0.2) is 0 Å². The number of nitrogens with one attached hydrogen (secondary N) is 1. The Morgan fingerprint density at radius 1 is 1.64 bits per heavy atom. The largest absolute Gasteiger partial charge is 0.338 e. The molecular weight excluding hydrogens is 198 g/mol. The molecule has 0 bridgehead atoms. The van der Waals surface area contributed by atoms with E-state index >= 15 is 0 Å². The standard InChI is InChI=1S/C10H18ClN3/c1-9(7-11)8-12-4-3-10-13-5-6-14(10)2/h5-6,9,12H,3-4,7-8H2,1-2H3. The molecule has 1 unspecified atom stereocenters. The van der Waals surface area contributed by atoms with Crippen molar-refractivity contribution < 1.29 is 0 Å². The lowest BCUT2D eigenvalue weighted by Crippen LogP contribution is -2.24. The highest BCUT2D eigenvalue weighted by molar-refractivity contribution is 6.18. The molecule has 0 radical (unpaired) electrons. The molecule has 1 rings (SSSR count). The second kappa shape index (κ2) is 6.04. The SMILES string of the molecule is CC(CCl)CNCCc1nccn1C. The third kappa shape index (κ3) is 3.68. The van der Waals surface area contributed by atoms with Gasteiger partial charge in [0.2, 0.25) is 0 Å². The van der Waals surface area contributed by atoms with Gasteiger partial charge in [-0.2, -0.15) is 0 Å². The molecule has 0 aliphatic carbocycles. The van der Waals surface area contributed by atoms with Crippen LogP contribution >= 0.6 is 11.6 Å². The number of hydrogen-bond donors (Lipinski definition) is 1. The van der Waals surface area contributed by atoms with Crippen molar-refractivity contribution in [3.63, 3.8) is 0 Å². The molecule has 80 valence electrons. The molecule has 1 heterocycles. The lowest BCUT2D eigenvalue weighted by molar-refractivity contribution is 0.551. The van der Waals surface area contributed by atoms with Crippen molar-refractivity contribution >= 4 is 11.6 Å². The van der Waals surface area contributed by atoms with Crippen molar-refractivity contribution in [2.45, 2.75) is 13.3 Å². The average molecular weight is 216 g/mol. The Hall–Kier alpha value is -0.540. The zero-order valence-electron chi connectivity index (χ0n) is 8.83. The van der Waals surface area contributed by atoms with Crippen molar-refractivity contribution in [3.8, 4) is 0 Å².